The third-order valence-electron chi connectivity index (χ3n) is 10.9. The first-order chi connectivity index (χ1) is 28.2. The summed E-state index contributed by atoms with van der Waals surface area (Å²) >= 11 is 5.64. The highest BCUT2D eigenvalue weighted by Gasteiger charge is 2.21. The second-order valence-corrected chi connectivity index (χ2v) is 17.4. The van der Waals surface area contributed by atoms with E-state index in [2.05, 4.69) is 140 Å². The van der Waals surface area contributed by atoms with Crippen LogP contribution in [0.15, 0.2) is 176 Å². The number of hydrogen-bond acceptors (Lipinski definition) is 6. The summed E-state index contributed by atoms with van der Waals surface area (Å²) in [5, 5.41) is 7.60. The van der Waals surface area contributed by atoms with Crippen molar-refractivity contribution in [1.29, 1.82) is 0 Å². The van der Waals surface area contributed by atoms with Crippen LogP contribution in [0, 0.1) is 0 Å². The lowest BCUT2D eigenvalue weighted by molar-refractivity contribution is 1.08. The Bertz CT molecular complexity index is 3470. The van der Waals surface area contributed by atoms with Gasteiger partial charge in [-0.25, -0.2) is 15.0 Å². The van der Waals surface area contributed by atoms with Gasteiger partial charge in [0.15, 0.2) is 17.5 Å². The van der Waals surface area contributed by atoms with E-state index < -0.39 is 0 Å². The van der Waals surface area contributed by atoms with Crippen LogP contribution in [0.3, 0.4) is 0 Å². The van der Waals surface area contributed by atoms with Crippen LogP contribution < -0.4 is 0 Å². The van der Waals surface area contributed by atoms with Gasteiger partial charge in [0.1, 0.15) is 0 Å². The molecule has 0 saturated heterocycles. The van der Waals surface area contributed by atoms with Crippen LogP contribution in [0.25, 0.3) is 117 Å². The number of hydrogen-bond donors (Lipinski definition) is 0. The fraction of sp³-hybridized carbons (Fsp3) is 0. The number of rotatable bonds is 5. The summed E-state index contributed by atoms with van der Waals surface area (Å²) in [5.41, 5.74) is 7.94. The maximum absolute atomic E-state index is 5.14. The molecule has 3 nitrogen and oxygen atoms in total. The summed E-state index contributed by atoms with van der Waals surface area (Å²) in [5.74, 6) is 1.99. The van der Waals surface area contributed by atoms with Gasteiger partial charge >= 0.3 is 0 Å². The molecule has 4 heterocycles. The molecular formula is C51H29N3S3. The standard InChI is InChI=1S/C51H29N3S3/c1-3-14-30(15-4-1)49-52-50(31-16-5-2-6-17-31)54-51(53-49)39-24-13-27-44-45(39)38-23-11-20-33(46(38)57-44)32-28-40-35-19-8-10-26-43(35)56-48(40)41(29-32)37-22-12-21-36-34-18-7-9-25-42(34)55-47(36)37/h1-29H. The Morgan fingerprint density at radius 3 is 1.46 bits per heavy atom. The Balaban J connectivity index is 1.10. The Kier molecular flexibility index (Phi) is 7.45. The van der Waals surface area contributed by atoms with Crippen LogP contribution in [0.4, 0.5) is 0 Å². The fourth-order valence-corrected chi connectivity index (χ4v) is 12.0. The summed E-state index contributed by atoms with van der Waals surface area (Å²) < 4.78 is 7.75. The average Bonchev–Trinajstić information content (AvgIpc) is 3.98. The number of nitrogens with zero attached hydrogens (tertiary/aromatic N) is 3. The largest absolute Gasteiger partial charge is 0.208 e. The molecule has 12 aromatic rings. The number of fused-ring (bicyclic) bond motifs is 9. The first kappa shape index (κ1) is 32.7. The van der Waals surface area contributed by atoms with E-state index in [-0.39, 0.29) is 0 Å². The highest BCUT2D eigenvalue weighted by Crippen LogP contribution is 2.49. The van der Waals surface area contributed by atoms with Gasteiger partial charge < -0.3 is 0 Å². The molecule has 266 valence electrons. The van der Waals surface area contributed by atoms with Gasteiger partial charge in [0, 0.05) is 88.3 Å². The zero-order valence-electron chi connectivity index (χ0n) is 30.3. The van der Waals surface area contributed by atoms with Crippen LogP contribution in [0.1, 0.15) is 0 Å². The highest BCUT2D eigenvalue weighted by atomic mass is 32.1. The van der Waals surface area contributed by atoms with E-state index in [9.17, 15) is 0 Å². The second-order valence-electron chi connectivity index (χ2n) is 14.3. The lowest BCUT2D eigenvalue weighted by Gasteiger charge is -2.11. The Hall–Kier alpha value is -6.57. The molecular weight excluding hydrogens is 751 g/mol. The summed E-state index contributed by atoms with van der Waals surface area (Å²) in [6.07, 6.45) is 0. The summed E-state index contributed by atoms with van der Waals surface area (Å²) in [7, 11) is 0. The van der Waals surface area contributed by atoms with Crippen molar-refractivity contribution in [2.24, 2.45) is 0 Å². The SMILES string of the molecule is c1ccc(-c2nc(-c3ccccc3)nc(-c3cccc4sc5c(-c6cc(-c7cccc8c7sc7ccccc78)c7sc8ccccc8c7c6)cccc5c34)n2)cc1. The van der Waals surface area contributed by atoms with Crippen molar-refractivity contribution in [3.05, 3.63) is 176 Å². The van der Waals surface area contributed by atoms with E-state index in [1.807, 2.05) is 70.4 Å². The molecule has 0 saturated carbocycles. The lowest BCUT2D eigenvalue weighted by Crippen LogP contribution is -2.00. The van der Waals surface area contributed by atoms with Crippen LogP contribution in [0.2, 0.25) is 0 Å². The molecule has 0 aliphatic heterocycles. The van der Waals surface area contributed by atoms with Gasteiger partial charge in [-0.15, -0.1) is 34.0 Å². The van der Waals surface area contributed by atoms with E-state index in [1.54, 1.807) is 0 Å². The van der Waals surface area contributed by atoms with E-state index in [0.717, 1.165) is 16.7 Å². The predicted molar refractivity (Wildman–Crippen MR) is 246 cm³/mol. The van der Waals surface area contributed by atoms with E-state index in [4.69, 9.17) is 15.0 Å². The lowest BCUT2D eigenvalue weighted by atomic mass is 9.94. The smallest absolute Gasteiger partial charge is 0.164 e. The van der Waals surface area contributed by atoms with E-state index >= 15 is 0 Å². The van der Waals surface area contributed by atoms with Crippen molar-refractivity contribution in [2.45, 2.75) is 0 Å². The minimum absolute atomic E-state index is 0.661. The normalized spacial score (nSPS) is 11.9. The monoisotopic (exact) mass is 779 g/mol. The van der Waals surface area contributed by atoms with Gasteiger partial charge in [0.05, 0.1) is 0 Å². The molecule has 12 rings (SSSR count). The van der Waals surface area contributed by atoms with Crippen molar-refractivity contribution in [3.63, 3.8) is 0 Å². The zero-order valence-corrected chi connectivity index (χ0v) is 32.8. The van der Waals surface area contributed by atoms with Gasteiger partial charge in [-0.05, 0) is 41.5 Å². The van der Waals surface area contributed by atoms with Gasteiger partial charge in [-0.1, -0.05) is 146 Å². The summed E-state index contributed by atoms with van der Waals surface area (Å²) in [4.78, 5) is 15.3. The Morgan fingerprint density at radius 2 is 0.754 bits per heavy atom. The van der Waals surface area contributed by atoms with Crippen molar-refractivity contribution in [2.75, 3.05) is 0 Å². The molecule has 0 amide bonds. The van der Waals surface area contributed by atoms with Crippen LogP contribution >= 0.6 is 34.0 Å². The molecule has 0 aliphatic carbocycles. The first-order valence-electron chi connectivity index (χ1n) is 18.9. The molecule has 57 heavy (non-hydrogen) atoms. The maximum atomic E-state index is 5.14. The minimum Gasteiger partial charge on any atom is -0.208 e. The second kappa shape index (κ2) is 13.0. The molecule has 6 heteroatoms. The topological polar surface area (TPSA) is 38.7 Å². The number of thiophene rings is 3. The Labute approximate surface area is 339 Å². The summed E-state index contributed by atoms with van der Waals surface area (Å²) in [6, 6.07) is 63.0. The number of benzene rings is 8. The number of aromatic nitrogens is 3. The zero-order chi connectivity index (χ0) is 37.5. The molecule has 4 aromatic heterocycles. The molecule has 0 radical (unpaired) electrons. The molecule has 0 unspecified atom stereocenters. The van der Waals surface area contributed by atoms with E-state index in [0.29, 0.717) is 17.5 Å². The van der Waals surface area contributed by atoms with Crippen molar-refractivity contribution < 1.29 is 0 Å². The molecule has 0 fully saturated rings. The average molecular weight is 780 g/mol. The van der Waals surface area contributed by atoms with Crippen molar-refractivity contribution >= 4 is 94.5 Å². The third kappa shape index (κ3) is 5.26. The van der Waals surface area contributed by atoms with Gasteiger partial charge in [0.25, 0.3) is 0 Å². The van der Waals surface area contributed by atoms with Gasteiger partial charge in [-0.3, -0.25) is 0 Å². The van der Waals surface area contributed by atoms with Crippen molar-refractivity contribution in [1.82, 2.24) is 15.0 Å². The third-order valence-corrected chi connectivity index (χ3v) is 14.6. The maximum Gasteiger partial charge on any atom is 0.164 e. The molecule has 0 spiro atoms. The molecule has 0 aliphatic rings. The Morgan fingerprint density at radius 1 is 0.281 bits per heavy atom. The molecule has 0 bridgehead atoms. The molecule has 8 aromatic carbocycles. The molecule has 0 N–H and O–H groups in total. The minimum atomic E-state index is 0.661. The quantitative estimate of drug-likeness (QED) is 0.175. The predicted octanol–water partition coefficient (Wildman–Crippen LogP) is 15.3. The fourth-order valence-electron chi connectivity index (χ4n) is 8.33. The van der Waals surface area contributed by atoms with E-state index in [1.165, 1.54) is 82.8 Å². The van der Waals surface area contributed by atoms with Crippen molar-refractivity contribution in [3.8, 4) is 56.4 Å². The van der Waals surface area contributed by atoms with Gasteiger partial charge in [0.2, 0.25) is 0 Å². The first-order valence-corrected chi connectivity index (χ1v) is 21.4. The summed E-state index contributed by atoms with van der Waals surface area (Å²) in [6.45, 7) is 0. The van der Waals surface area contributed by atoms with Crippen LogP contribution in [0.5, 0.6) is 0 Å². The van der Waals surface area contributed by atoms with Crippen LogP contribution in [-0.2, 0) is 0 Å². The molecule has 0 atom stereocenters. The van der Waals surface area contributed by atoms with Gasteiger partial charge in [-0.2, -0.15) is 0 Å². The highest BCUT2D eigenvalue weighted by molar-refractivity contribution is 7.27. The van der Waals surface area contributed by atoms with Crippen LogP contribution in [-0.4, -0.2) is 15.0 Å².